The maximum atomic E-state index is 13.6. The van der Waals surface area contributed by atoms with Gasteiger partial charge in [0, 0.05) is 6.54 Å². The van der Waals surface area contributed by atoms with Crippen LogP contribution in [0.4, 0.5) is 4.79 Å². The molecule has 0 spiro atoms. The molecule has 11 nitrogen and oxygen atoms in total. The molecule has 35 heavy (non-hydrogen) atoms. The minimum absolute atomic E-state index is 0.119. The molecule has 1 rings (SSSR count). The quantitative estimate of drug-likeness (QED) is 0.393. The number of ether oxygens (including phenoxy) is 2. The van der Waals surface area contributed by atoms with Crippen LogP contribution in [-0.2, 0) is 28.7 Å². The highest BCUT2D eigenvalue weighted by atomic mass is 16.6. The van der Waals surface area contributed by atoms with Gasteiger partial charge in [0.15, 0.2) is 0 Å². The highest BCUT2D eigenvalue weighted by molar-refractivity contribution is 5.95. The zero-order valence-electron chi connectivity index (χ0n) is 21.2. The molecule has 0 saturated carbocycles. The van der Waals surface area contributed by atoms with E-state index in [1.54, 1.807) is 45.0 Å². The largest absolute Gasteiger partial charge is 0.468 e. The third-order valence-corrected chi connectivity index (χ3v) is 4.73. The van der Waals surface area contributed by atoms with Crippen LogP contribution in [0.1, 0.15) is 57.7 Å². The first kappa shape index (κ1) is 29.4. The van der Waals surface area contributed by atoms with Gasteiger partial charge in [-0.25, -0.2) is 4.79 Å². The molecule has 2 atom stereocenters. The fraction of sp³-hybridized carbons (Fsp3) is 0.542. The Morgan fingerprint density at radius 3 is 2.17 bits per heavy atom. The summed E-state index contributed by atoms with van der Waals surface area (Å²) < 4.78 is 9.79. The number of carbonyl (C=O) groups excluding carboxylic acids is 5. The first-order valence-corrected chi connectivity index (χ1v) is 11.3. The van der Waals surface area contributed by atoms with E-state index in [1.165, 1.54) is 12.0 Å². The molecular formula is C24H36N4O7. The van der Waals surface area contributed by atoms with Crippen LogP contribution >= 0.6 is 0 Å². The molecule has 0 heterocycles. The lowest BCUT2D eigenvalue weighted by Crippen LogP contribution is -2.54. The first-order chi connectivity index (χ1) is 16.3. The molecule has 0 aliphatic rings. The monoisotopic (exact) mass is 492 g/mol. The SMILES string of the molecule is CCCN(C(=O)C(CC(N)=O)NC(=O)OC(C)(C)C)C(C(=O)NCC(=O)OC)c1ccc(C)cc1. The minimum atomic E-state index is -1.37. The van der Waals surface area contributed by atoms with Gasteiger partial charge in [-0.1, -0.05) is 36.8 Å². The summed E-state index contributed by atoms with van der Waals surface area (Å²) in [5, 5.41) is 4.88. The Morgan fingerprint density at radius 1 is 1.09 bits per heavy atom. The Morgan fingerprint density at radius 2 is 1.69 bits per heavy atom. The number of hydrogen-bond acceptors (Lipinski definition) is 7. The number of carbonyl (C=O) groups is 5. The number of methoxy groups -OCH3 is 1. The number of aryl methyl sites for hydroxylation is 1. The van der Waals surface area contributed by atoms with Crippen molar-refractivity contribution in [1.82, 2.24) is 15.5 Å². The van der Waals surface area contributed by atoms with Crippen LogP contribution in [0.25, 0.3) is 0 Å². The molecule has 2 unspecified atom stereocenters. The van der Waals surface area contributed by atoms with Crippen LogP contribution < -0.4 is 16.4 Å². The van der Waals surface area contributed by atoms with Gasteiger partial charge in [0.25, 0.3) is 0 Å². The van der Waals surface area contributed by atoms with Crippen molar-refractivity contribution in [2.24, 2.45) is 5.73 Å². The second-order valence-corrected chi connectivity index (χ2v) is 9.01. The van der Waals surface area contributed by atoms with E-state index in [4.69, 9.17) is 10.5 Å². The van der Waals surface area contributed by atoms with Crippen molar-refractivity contribution in [2.45, 2.75) is 65.1 Å². The summed E-state index contributed by atoms with van der Waals surface area (Å²) in [6.07, 6.45) is -0.938. The van der Waals surface area contributed by atoms with Crippen LogP contribution in [0.3, 0.4) is 0 Å². The third kappa shape index (κ3) is 10.0. The Bertz CT molecular complexity index is 909. The van der Waals surface area contributed by atoms with Gasteiger partial charge >= 0.3 is 12.1 Å². The van der Waals surface area contributed by atoms with Gasteiger partial charge in [0.2, 0.25) is 17.7 Å². The second kappa shape index (κ2) is 13.3. The number of hydrogen-bond donors (Lipinski definition) is 3. The molecule has 1 aromatic carbocycles. The van der Waals surface area contributed by atoms with Gasteiger partial charge in [0.1, 0.15) is 24.2 Å². The molecule has 0 aliphatic heterocycles. The van der Waals surface area contributed by atoms with Crippen LogP contribution in [0.2, 0.25) is 0 Å². The van der Waals surface area contributed by atoms with Gasteiger partial charge in [-0.2, -0.15) is 0 Å². The van der Waals surface area contributed by atoms with Gasteiger partial charge in [-0.05, 0) is 39.7 Å². The number of nitrogens with one attached hydrogen (secondary N) is 2. The van der Waals surface area contributed by atoms with Gasteiger partial charge in [-0.15, -0.1) is 0 Å². The Hall–Kier alpha value is -3.63. The van der Waals surface area contributed by atoms with Crippen molar-refractivity contribution in [3.8, 4) is 0 Å². The number of nitrogens with two attached hydrogens (primary N) is 1. The third-order valence-electron chi connectivity index (χ3n) is 4.73. The smallest absolute Gasteiger partial charge is 0.408 e. The lowest BCUT2D eigenvalue weighted by molar-refractivity contribution is -0.145. The number of primary amides is 1. The number of alkyl carbamates (subject to hydrolysis) is 1. The average Bonchev–Trinajstić information content (AvgIpc) is 2.75. The van der Waals surface area contributed by atoms with Crippen molar-refractivity contribution in [3.63, 3.8) is 0 Å². The van der Waals surface area contributed by atoms with Crippen molar-refractivity contribution < 1.29 is 33.4 Å². The molecule has 0 radical (unpaired) electrons. The van der Waals surface area contributed by atoms with E-state index < -0.39 is 60.4 Å². The lowest BCUT2D eigenvalue weighted by Gasteiger charge is -2.34. The molecule has 1 aromatic rings. The summed E-state index contributed by atoms with van der Waals surface area (Å²) in [5.41, 5.74) is 5.91. The van der Waals surface area contributed by atoms with E-state index in [9.17, 15) is 24.0 Å². The fourth-order valence-corrected chi connectivity index (χ4v) is 3.21. The van der Waals surface area contributed by atoms with Crippen molar-refractivity contribution in [3.05, 3.63) is 35.4 Å². The maximum absolute atomic E-state index is 13.6. The number of nitrogens with zero attached hydrogens (tertiary/aromatic N) is 1. The molecular weight excluding hydrogens is 456 g/mol. The summed E-state index contributed by atoms with van der Waals surface area (Å²) in [7, 11) is 1.19. The predicted molar refractivity (Wildman–Crippen MR) is 128 cm³/mol. The van der Waals surface area contributed by atoms with E-state index in [0.717, 1.165) is 5.56 Å². The highest BCUT2D eigenvalue weighted by Gasteiger charge is 2.36. The van der Waals surface area contributed by atoms with Crippen molar-refractivity contribution in [2.75, 3.05) is 20.2 Å². The predicted octanol–water partition coefficient (Wildman–Crippen LogP) is 1.33. The van der Waals surface area contributed by atoms with Gasteiger partial charge in [-0.3, -0.25) is 19.2 Å². The first-order valence-electron chi connectivity index (χ1n) is 11.3. The van der Waals surface area contributed by atoms with Gasteiger partial charge in [0.05, 0.1) is 13.5 Å². The van der Waals surface area contributed by atoms with Crippen LogP contribution in [0.15, 0.2) is 24.3 Å². The fourth-order valence-electron chi connectivity index (χ4n) is 3.21. The number of amides is 4. The average molecular weight is 493 g/mol. The zero-order valence-corrected chi connectivity index (χ0v) is 21.2. The van der Waals surface area contributed by atoms with Crippen molar-refractivity contribution in [1.29, 1.82) is 0 Å². The molecule has 0 aromatic heterocycles. The molecule has 4 amide bonds. The molecule has 4 N–H and O–H groups in total. The van der Waals surface area contributed by atoms with E-state index >= 15 is 0 Å². The molecule has 0 fully saturated rings. The van der Waals surface area contributed by atoms with Crippen LogP contribution in [0, 0.1) is 6.92 Å². The topological polar surface area (TPSA) is 157 Å². The Labute approximate surface area is 205 Å². The summed E-state index contributed by atoms with van der Waals surface area (Å²) in [6, 6.07) is 4.43. The van der Waals surface area contributed by atoms with Crippen LogP contribution in [0.5, 0.6) is 0 Å². The summed E-state index contributed by atoms with van der Waals surface area (Å²) >= 11 is 0. The zero-order chi connectivity index (χ0) is 26.8. The summed E-state index contributed by atoms with van der Waals surface area (Å²) in [6.45, 7) is 8.36. The normalized spacial score (nSPS) is 12.6. The molecule has 0 bridgehead atoms. The lowest BCUT2D eigenvalue weighted by atomic mass is 10.0. The van der Waals surface area contributed by atoms with Gasteiger partial charge < -0.3 is 30.7 Å². The van der Waals surface area contributed by atoms with E-state index in [0.29, 0.717) is 12.0 Å². The number of esters is 1. The minimum Gasteiger partial charge on any atom is -0.468 e. The summed E-state index contributed by atoms with van der Waals surface area (Å²) in [4.78, 5) is 63.8. The molecule has 0 saturated heterocycles. The van der Waals surface area contributed by atoms with E-state index in [-0.39, 0.29) is 6.54 Å². The second-order valence-electron chi connectivity index (χ2n) is 9.01. The maximum Gasteiger partial charge on any atom is 0.408 e. The standard InChI is InChI=1S/C24H36N4O7/c1-7-12-28(22(32)17(13-18(25)29)27-23(33)35-24(3,4)5)20(16-10-8-15(2)9-11-16)21(31)26-14-19(30)34-6/h8-11,17,20H,7,12-14H2,1-6H3,(H2,25,29)(H,26,31)(H,27,33). The van der Waals surface area contributed by atoms with E-state index in [2.05, 4.69) is 15.4 Å². The highest BCUT2D eigenvalue weighted by Crippen LogP contribution is 2.24. The Balaban J connectivity index is 3.40. The van der Waals surface area contributed by atoms with Crippen LogP contribution in [-0.4, -0.2) is 66.5 Å². The molecule has 0 aliphatic carbocycles. The summed E-state index contributed by atoms with van der Waals surface area (Å²) in [5.74, 6) is -2.81. The Kier molecular flexibility index (Phi) is 11.2. The number of rotatable bonds is 11. The molecule has 194 valence electrons. The van der Waals surface area contributed by atoms with Crippen molar-refractivity contribution >= 4 is 29.8 Å². The molecule has 11 heteroatoms. The van der Waals surface area contributed by atoms with E-state index in [1.807, 2.05) is 13.8 Å². The number of benzene rings is 1.